The zero-order valence-corrected chi connectivity index (χ0v) is 12.5. The third-order valence-corrected chi connectivity index (χ3v) is 4.61. The fourth-order valence-electron chi connectivity index (χ4n) is 1.90. The average Bonchev–Trinajstić information content (AvgIpc) is 2.81. The molecule has 0 radical (unpaired) electrons. The van der Waals surface area contributed by atoms with E-state index in [1.807, 2.05) is 0 Å². The lowest BCUT2D eigenvalue weighted by atomic mass is 10.3. The third kappa shape index (κ3) is 2.81. The number of hydrogen-bond acceptors (Lipinski definition) is 6. The van der Waals surface area contributed by atoms with Crippen LogP contribution in [0.4, 0.5) is 11.5 Å². The summed E-state index contributed by atoms with van der Waals surface area (Å²) in [5, 5.41) is 12.9. The van der Waals surface area contributed by atoms with Crippen molar-refractivity contribution >= 4 is 27.2 Å². The highest BCUT2D eigenvalue weighted by atomic mass is 32.2. The predicted molar refractivity (Wildman–Crippen MR) is 76.1 cm³/mol. The summed E-state index contributed by atoms with van der Waals surface area (Å²) in [6, 6.07) is 5.46. The number of anilines is 1. The Balaban J connectivity index is 2.59. The van der Waals surface area contributed by atoms with E-state index in [1.54, 1.807) is 0 Å². The molecule has 9 nitrogen and oxygen atoms in total. The molecule has 0 fully saturated rings. The van der Waals surface area contributed by atoms with Gasteiger partial charge in [0.15, 0.2) is 0 Å². The van der Waals surface area contributed by atoms with Crippen LogP contribution in [0.5, 0.6) is 0 Å². The SMILES string of the molecule is CC(=O)Nc1cccc(S(=O)(=O)c2c([N+](=O)[O-])ncn2C)c1. The Hall–Kier alpha value is -2.75. The Morgan fingerprint density at radius 2 is 2.09 bits per heavy atom. The molecule has 1 amide bonds. The standard InChI is InChI=1S/C12H12N4O5S/c1-8(17)14-9-4-3-5-10(6-9)22(20,21)12-11(16(18)19)13-7-15(12)2/h3-7H,1-2H3,(H,14,17). The number of imidazole rings is 1. The number of hydrogen-bond donors (Lipinski definition) is 1. The molecular weight excluding hydrogens is 312 g/mol. The van der Waals surface area contributed by atoms with Crippen molar-refractivity contribution in [3.05, 3.63) is 40.7 Å². The van der Waals surface area contributed by atoms with Crippen LogP contribution in [-0.4, -0.2) is 28.8 Å². The number of sulfone groups is 1. The van der Waals surface area contributed by atoms with Gasteiger partial charge < -0.3 is 15.4 Å². The highest BCUT2D eigenvalue weighted by Gasteiger charge is 2.33. The van der Waals surface area contributed by atoms with Crippen molar-refractivity contribution in [3.63, 3.8) is 0 Å². The number of carbonyl (C=O) groups is 1. The van der Waals surface area contributed by atoms with Gasteiger partial charge >= 0.3 is 5.82 Å². The Morgan fingerprint density at radius 1 is 1.41 bits per heavy atom. The summed E-state index contributed by atoms with van der Waals surface area (Å²) in [6.45, 7) is 1.28. The summed E-state index contributed by atoms with van der Waals surface area (Å²) < 4.78 is 26.3. The average molecular weight is 324 g/mol. The molecule has 0 atom stereocenters. The molecule has 116 valence electrons. The molecule has 0 saturated heterocycles. The molecule has 0 saturated carbocycles. The minimum Gasteiger partial charge on any atom is -0.358 e. The monoisotopic (exact) mass is 324 g/mol. The zero-order chi connectivity index (χ0) is 16.5. The van der Waals surface area contributed by atoms with Crippen LogP contribution in [0.1, 0.15) is 6.92 Å². The molecule has 1 N–H and O–H groups in total. The molecule has 2 aromatic rings. The Kier molecular flexibility index (Phi) is 3.95. The van der Waals surface area contributed by atoms with Gasteiger partial charge in [0.05, 0.1) is 4.90 Å². The highest BCUT2D eigenvalue weighted by Crippen LogP contribution is 2.28. The third-order valence-electron chi connectivity index (χ3n) is 2.76. The summed E-state index contributed by atoms with van der Waals surface area (Å²) in [4.78, 5) is 24.4. The first-order chi connectivity index (χ1) is 10.2. The fourth-order valence-corrected chi connectivity index (χ4v) is 3.45. The summed E-state index contributed by atoms with van der Waals surface area (Å²) in [7, 11) is -2.80. The van der Waals surface area contributed by atoms with Gasteiger partial charge in [0.25, 0.3) is 0 Å². The van der Waals surface area contributed by atoms with Crippen molar-refractivity contribution in [2.75, 3.05) is 5.32 Å². The number of carbonyl (C=O) groups excluding carboxylic acids is 1. The maximum Gasteiger partial charge on any atom is 0.401 e. The number of benzene rings is 1. The van der Waals surface area contributed by atoms with Gasteiger partial charge in [0.2, 0.25) is 27.1 Å². The molecule has 0 aliphatic rings. The summed E-state index contributed by atoms with van der Waals surface area (Å²) in [6.07, 6.45) is 1.06. The van der Waals surface area contributed by atoms with E-state index >= 15 is 0 Å². The van der Waals surface area contributed by atoms with E-state index in [1.165, 1.54) is 38.2 Å². The second-order valence-corrected chi connectivity index (χ2v) is 6.32. The van der Waals surface area contributed by atoms with Crippen LogP contribution in [0.3, 0.4) is 0 Å². The lowest BCUT2D eigenvalue weighted by Crippen LogP contribution is -2.11. The Bertz CT molecular complexity index is 856. The van der Waals surface area contributed by atoms with E-state index in [2.05, 4.69) is 10.3 Å². The number of nitro groups is 1. The molecule has 10 heteroatoms. The Morgan fingerprint density at radius 3 is 2.68 bits per heavy atom. The van der Waals surface area contributed by atoms with Crippen LogP contribution in [0.25, 0.3) is 0 Å². The van der Waals surface area contributed by atoms with Crippen molar-refractivity contribution in [1.82, 2.24) is 9.55 Å². The molecule has 1 aromatic heterocycles. The van der Waals surface area contributed by atoms with Gasteiger partial charge in [-0.3, -0.25) is 9.36 Å². The molecule has 0 aliphatic carbocycles. The molecule has 2 rings (SSSR count). The smallest absolute Gasteiger partial charge is 0.358 e. The number of aryl methyl sites for hydroxylation is 1. The second-order valence-electron chi connectivity index (χ2n) is 4.45. The predicted octanol–water partition coefficient (Wildman–Crippen LogP) is 1.12. The first kappa shape index (κ1) is 15.6. The fraction of sp³-hybridized carbons (Fsp3) is 0.167. The molecule has 0 bridgehead atoms. The van der Waals surface area contributed by atoms with E-state index in [9.17, 15) is 23.3 Å². The minimum atomic E-state index is -4.15. The number of rotatable bonds is 4. The minimum absolute atomic E-state index is 0.176. The van der Waals surface area contributed by atoms with E-state index in [0.717, 1.165) is 10.9 Å². The molecule has 0 spiro atoms. The topological polar surface area (TPSA) is 124 Å². The molecule has 22 heavy (non-hydrogen) atoms. The van der Waals surface area contributed by atoms with Crippen LogP contribution in [0.2, 0.25) is 0 Å². The Labute approximate surface area is 125 Å². The molecule has 1 heterocycles. The number of nitrogens with zero attached hydrogens (tertiary/aromatic N) is 3. The van der Waals surface area contributed by atoms with Gasteiger partial charge in [0.1, 0.15) is 0 Å². The molecule has 1 aromatic carbocycles. The quantitative estimate of drug-likeness (QED) is 0.663. The lowest BCUT2D eigenvalue weighted by Gasteiger charge is -2.07. The van der Waals surface area contributed by atoms with Crippen molar-refractivity contribution in [2.24, 2.45) is 7.05 Å². The van der Waals surface area contributed by atoms with Crippen molar-refractivity contribution < 1.29 is 18.1 Å². The lowest BCUT2D eigenvalue weighted by molar-refractivity contribution is -0.392. The first-order valence-electron chi connectivity index (χ1n) is 6.02. The summed E-state index contributed by atoms with van der Waals surface area (Å²) in [5.74, 6) is -1.10. The van der Waals surface area contributed by atoms with Crippen LogP contribution in [0, 0.1) is 10.1 Å². The van der Waals surface area contributed by atoms with Crippen LogP contribution in [-0.2, 0) is 21.7 Å². The van der Waals surface area contributed by atoms with Gasteiger partial charge in [-0.1, -0.05) is 6.07 Å². The van der Waals surface area contributed by atoms with Crippen LogP contribution < -0.4 is 5.32 Å². The van der Waals surface area contributed by atoms with Gasteiger partial charge in [-0.05, 0) is 28.1 Å². The van der Waals surface area contributed by atoms with Crippen LogP contribution >= 0.6 is 0 Å². The normalized spacial score (nSPS) is 11.2. The van der Waals surface area contributed by atoms with E-state index in [0.29, 0.717) is 0 Å². The summed E-state index contributed by atoms with van der Waals surface area (Å²) >= 11 is 0. The summed E-state index contributed by atoms with van der Waals surface area (Å²) in [5.41, 5.74) is 0.276. The number of nitrogens with one attached hydrogen (secondary N) is 1. The van der Waals surface area contributed by atoms with E-state index in [-0.39, 0.29) is 16.5 Å². The first-order valence-corrected chi connectivity index (χ1v) is 7.50. The molecule has 0 unspecified atom stereocenters. The highest BCUT2D eigenvalue weighted by molar-refractivity contribution is 7.91. The zero-order valence-electron chi connectivity index (χ0n) is 11.7. The number of amides is 1. The largest absolute Gasteiger partial charge is 0.401 e. The van der Waals surface area contributed by atoms with Gasteiger partial charge in [-0.2, -0.15) is 0 Å². The van der Waals surface area contributed by atoms with Gasteiger partial charge in [0, 0.05) is 19.7 Å². The van der Waals surface area contributed by atoms with Crippen molar-refractivity contribution in [3.8, 4) is 0 Å². The van der Waals surface area contributed by atoms with Crippen LogP contribution in [0.15, 0.2) is 40.5 Å². The van der Waals surface area contributed by atoms with Gasteiger partial charge in [-0.25, -0.2) is 8.42 Å². The number of aromatic nitrogens is 2. The maximum absolute atomic E-state index is 12.6. The van der Waals surface area contributed by atoms with E-state index in [4.69, 9.17) is 0 Å². The van der Waals surface area contributed by atoms with Crippen molar-refractivity contribution in [1.29, 1.82) is 0 Å². The molecule has 0 aliphatic heterocycles. The van der Waals surface area contributed by atoms with Gasteiger partial charge in [-0.15, -0.1) is 0 Å². The second kappa shape index (κ2) is 5.56. The van der Waals surface area contributed by atoms with E-state index < -0.39 is 25.6 Å². The van der Waals surface area contributed by atoms with Crippen molar-refractivity contribution in [2.45, 2.75) is 16.8 Å². The maximum atomic E-state index is 12.6. The molecular formula is C12H12N4O5S.